The summed E-state index contributed by atoms with van der Waals surface area (Å²) in [6, 6.07) is 0.946. The van der Waals surface area contributed by atoms with Gasteiger partial charge in [0.15, 0.2) is 0 Å². The zero-order valence-corrected chi connectivity index (χ0v) is 9.20. The molecule has 0 unspecified atom stereocenters. The fraction of sp³-hybridized carbons (Fsp3) is 0.364. The molecule has 0 bridgehead atoms. The van der Waals surface area contributed by atoms with E-state index in [0.717, 1.165) is 0 Å². The third-order valence-electron chi connectivity index (χ3n) is 1.72. The molecule has 1 aromatic carbocycles. The highest BCUT2D eigenvalue weighted by Crippen LogP contribution is 2.15. The van der Waals surface area contributed by atoms with E-state index < -0.39 is 34.5 Å². The summed E-state index contributed by atoms with van der Waals surface area (Å²) in [5, 5.41) is 2.40. The fourth-order valence-corrected chi connectivity index (χ4v) is 1.16. The smallest absolute Gasteiger partial charge is 0.257 e. The molecule has 1 N–H and O–H groups in total. The Labute approximate surface area is 91.5 Å². The molecule has 0 aromatic heterocycles. The minimum atomic E-state index is -1.21. The summed E-state index contributed by atoms with van der Waals surface area (Å²) in [5.74, 6) is -4.37. The maximum atomic E-state index is 13.2. The molecule has 0 aliphatic heterocycles. The van der Waals surface area contributed by atoms with Gasteiger partial charge in [0.05, 0.1) is 0 Å². The van der Waals surface area contributed by atoms with Crippen LogP contribution in [0.3, 0.4) is 0 Å². The van der Waals surface area contributed by atoms with E-state index in [9.17, 15) is 18.0 Å². The van der Waals surface area contributed by atoms with Crippen LogP contribution in [-0.2, 0) is 0 Å². The number of nitrogens with one attached hydrogen (secondary N) is 1. The Bertz CT molecular complexity index is 401. The van der Waals surface area contributed by atoms with Crippen molar-refractivity contribution in [1.29, 1.82) is 0 Å². The Hall–Kier alpha value is -1.52. The second kappa shape index (κ2) is 4.15. The first-order valence-electron chi connectivity index (χ1n) is 4.68. The number of hydrogen-bond donors (Lipinski definition) is 1. The van der Waals surface area contributed by atoms with Gasteiger partial charge in [-0.25, -0.2) is 13.2 Å². The minimum Gasteiger partial charge on any atom is -0.347 e. The first kappa shape index (κ1) is 12.5. The van der Waals surface area contributed by atoms with Gasteiger partial charge in [-0.2, -0.15) is 0 Å². The summed E-state index contributed by atoms with van der Waals surface area (Å²) in [5.41, 5.74) is -1.39. The standard InChI is InChI=1S/C11H12F3NO/c1-11(2,3)15-10(16)9-7(13)4-6(12)5-8(9)14/h4-5H,1-3H3,(H,15,16). The van der Waals surface area contributed by atoms with Gasteiger partial charge in [0.2, 0.25) is 0 Å². The van der Waals surface area contributed by atoms with Crippen LogP contribution in [-0.4, -0.2) is 11.4 Å². The van der Waals surface area contributed by atoms with Crippen LogP contribution in [0.4, 0.5) is 13.2 Å². The van der Waals surface area contributed by atoms with E-state index in [1.54, 1.807) is 20.8 Å². The van der Waals surface area contributed by atoms with Gasteiger partial charge in [0, 0.05) is 17.7 Å². The molecule has 1 aromatic rings. The second-order valence-electron chi connectivity index (χ2n) is 4.45. The SMILES string of the molecule is CC(C)(C)NC(=O)c1c(F)cc(F)cc1F. The Balaban J connectivity index is 3.10. The molecule has 0 atom stereocenters. The molecule has 0 heterocycles. The van der Waals surface area contributed by atoms with Crippen LogP contribution in [0.5, 0.6) is 0 Å². The van der Waals surface area contributed by atoms with Gasteiger partial charge in [-0.1, -0.05) is 0 Å². The Morgan fingerprint density at radius 1 is 1.12 bits per heavy atom. The van der Waals surface area contributed by atoms with Crippen LogP contribution in [0.25, 0.3) is 0 Å². The topological polar surface area (TPSA) is 29.1 Å². The molecule has 0 saturated heterocycles. The number of amides is 1. The van der Waals surface area contributed by atoms with Gasteiger partial charge < -0.3 is 5.32 Å². The van der Waals surface area contributed by atoms with E-state index in [0.29, 0.717) is 12.1 Å². The molecule has 0 aliphatic rings. The molecule has 0 aliphatic carbocycles. The van der Waals surface area contributed by atoms with Gasteiger partial charge in [0.1, 0.15) is 23.0 Å². The van der Waals surface area contributed by atoms with Crippen LogP contribution in [0.15, 0.2) is 12.1 Å². The number of benzene rings is 1. The van der Waals surface area contributed by atoms with Crippen molar-refractivity contribution in [2.24, 2.45) is 0 Å². The highest BCUT2D eigenvalue weighted by molar-refractivity contribution is 5.95. The average Bonchev–Trinajstić information content (AvgIpc) is 1.96. The van der Waals surface area contributed by atoms with Gasteiger partial charge in [-0.15, -0.1) is 0 Å². The first-order chi connectivity index (χ1) is 7.20. The van der Waals surface area contributed by atoms with Crippen LogP contribution in [0.1, 0.15) is 31.1 Å². The van der Waals surface area contributed by atoms with E-state index in [-0.39, 0.29) is 0 Å². The van der Waals surface area contributed by atoms with Crippen LogP contribution >= 0.6 is 0 Å². The highest BCUT2D eigenvalue weighted by Gasteiger charge is 2.22. The lowest BCUT2D eigenvalue weighted by atomic mass is 10.1. The van der Waals surface area contributed by atoms with Crippen molar-refractivity contribution in [1.82, 2.24) is 5.32 Å². The number of carbonyl (C=O) groups excluding carboxylic acids is 1. The molecule has 2 nitrogen and oxygen atoms in total. The average molecular weight is 231 g/mol. The molecule has 0 radical (unpaired) electrons. The van der Waals surface area contributed by atoms with E-state index in [4.69, 9.17) is 0 Å². The number of halogens is 3. The third-order valence-corrected chi connectivity index (χ3v) is 1.72. The molecular formula is C11H12F3NO. The summed E-state index contributed by atoms with van der Waals surface area (Å²) in [6.45, 7) is 5.01. The van der Waals surface area contributed by atoms with Gasteiger partial charge in [0.25, 0.3) is 5.91 Å². The van der Waals surface area contributed by atoms with E-state index in [1.165, 1.54) is 0 Å². The lowest BCUT2D eigenvalue weighted by Crippen LogP contribution is -2.41. The Morgan fingerprint density at radius 2 is 1.56 bits per heavy atom. The summed E-state index contributed by atoms with van der Waals surface area (Å²) < 4.78 is 39.0. The molecule has 88 valence electrons. The van der Waals surface area contributed by atoms with Crippen molar-refractivity contribution in [2.45, 2.75) is 26.3 Å². The lowest BCUT2D eigenvalue weighted by molar-refractivity contribution is 0.0911. The summed E-state index contributed by atoms with van der Waals surface area (Å²) in [7, 11) is 0. The number of rotatable bonds is 1. The van der Waals surface area contributed by atoms with Crippen LogP contribution in [0, 0.1) is 17.5 Å². The van der Waals surface area contributed by atoms with Crippen LogP contribution in [0.2, 0.25) is 0 Å². The second-order valence-corrected chi connectivity index (χ2v) is 4.45. The van der Waals surface area contributed by atoms with Crippen molar-refractivity contribution in [3.63, 3.8) is 0 Å². The number of hydrogen-bond acceptors (Lipinski definition) is 1. The molecule has 0 spiro atoms. The van der Waals surface area contributed by atoms with Crippen molar-refractivity contribution in [3.8, 4) is 0 Å². The fourth-order valence-electron chi connectivity index (χ4n) is 1.16. The van der Waals surface area contributed by atoms with E-state index in [2.05, 4.69) is 5.32 Å². The minimum absolute atomic E-state index is 0.473. The molecule has 1 rings (SSSR count). The molecule has 16 heavy (non-hydrogen) atoms. The summed E-state index contributed by atoms with van der Waals surface area (Å²) in [6.07, 6.45) is 0. The zero-order chi connectivity index (χ0) is 12.5. The summed E-state index contributed by atoms with van der Waals surface area (Å²) >= 11 is 0. The molecular weight excluding hydrogens is 219 g/mol. The van der Waals surface area contributed by atoms with Crippen LogP contribution < -0.4 is 5.32 Å². The molecule has 0 fully saturated rings. The first-order valence-corrected chi connectivity index (χ1v) is 4.68. The van der Waals surface area contributed by atoms with Gasteiger partial charge in [-0.05, 0) is 20.8 Å². The zero-order valence-electron chi connectivity index (χ0n) is 9.20. The predicted molar refractivity (Wildman–Crippen MR) is 53.5 cm³/mol. The Kier molecular flexibility index (Phi) is 3.26. The maximum Gasteiger partial charge on any atom is 0.257 e. The maximum absolute atomic E-state index is 13.2. The monoisotopic (exact) mass is 231 g/mol. The Morgan fingerprint density at radius 3 is 1.94 bits per heavy atom. The highest BCUT2D eigenvalue weighted by atomic mass is 19.1. The van der Waals surface area contributed by atoms with Crippen molar-refractivity contribution >= 4 is 5.91 Å². The van der Waals surface area contributed by atoms with Gasteiger partial charge >= 0.3 is 0 Å². The van der Waals surface area contributed by atoms with E-state index >= 15 is 0 Å². The normalized spacial score (nSPS) is 11.4. The molecule has 0 saturated carbocycles. The molecule has 5 heteroatoms. The van der Waals surface area contributed by atoms with E-state index in [1.807, 2.05) is 0 Å². The quantitative estimate of drug-likeness (QED) is 0.790. The summed E-state index contributed by atoms with van der Waals surface area (Å²) in [4.78, 5) is 11.5. The lowest BCUT2D eigenvalue weighted by Gasteiger charge is -2.20. The van der Waals surface area contributed by atoms with Crippen molar-refractivity contribution in [3.05, 3.63) is 35.1 Å². The predicted octanol–water partition coefficient (Wildman–Crippen LogP) is 2.63. The number of carbonyl (C=O) groups is 1. The van der Waals surface area contributed by atoms with Crippen molar-refractivity contribution < 1.29 is 18.0 Å². The molecule has 1 amide bonds. The third kappa shape index (κ3) is 2.98. The van der Waals surface area contributed by atoms with Crippen molar-refractivity contribution in [2.75, 3.05) is 0 Å². The largest absolute Gasteiger partial charge is 0.347 e. The van der Waals surface area contributed by atoms with Gasteiger partial charge in [-0.3, -0.25) is 4.79 Å².